The smallest absolute Gasteiger partial charge is 0.231 e. The van der Waals surface area contributed by atoms with Gasteiger partial charge in [-0.25, -0.2) is 0 Å². The van der Waals surface area contributed by atoms with E-state index in [1.807, 2.05) is 24.3 Å². The van der Waals surface area contributed by atoms with Gasteiger partial charge < -0.3 is 9.84 Å². The Hall–Kier alpha value is -1.20. The summed E-state index contributed by atoms with van der Waals surface area (Å²) in [5.41, 5.74) is 0.979. The van der Waals surface area contributed by atoms with Crippen LogP contribution < -0.4 is 5.32 Å². The number of halogens is 1. The second-order valence-corrected chi connectivity index (χ2v) is 6.08. The Morgan fingerprint density at radius 3 is 3.10 bits per heavy atom. The van der Waals surface area contributed by atoms with Crippen molar-refractivity contribution in [2.24, 2.45) is 0 Å². The molecule has 1 aromatic heterocycles. The average molecular weight is 336 g/mol. The molecule has 0 amide bonds. The molecule has 20 heavy (non-hydrogen) atoms. The molecule has 1 aromatic carbocycles. The number of hydrogen-bond acceptors (Lipinski definition) is 4. The Bertz CT molecular complexity index is 584. The Balaban J connectivity index is 1.83. The maximum absolute atomic E-state index is 5.50. The largest absolute Gasteiger partial charge is 0.339 e. The quantitative estimate of drug-likeness (QED) is 0.924. The summed E-state index contributed by atoms with van der Waals surface area (Å²) >= 11 is 3.47. The fourth-order valence-electron chi connectivity index (χ4n) is 2.89. The molecule has 4 nitrogen and oxygen atoms in total. The van der Waals surface area contributed by atoms with Crippen LogP contribution >= 0.6 is 15.9 Å². The van der Waals surface area contributed by atoms with Gasteiger partial charge in [-0.15, -0.1) is 0 Å². The lowest BCUT2D eigenvalue weighted by Crippen LogP contribution is -2.31. The molecule has 1 saturated carbocycles. The molecule has 1 fully saturated rings. The van der Waals surface area contributed by atoms with E-state index in [4.69, 9.17) is 4.52 Å². The van der Waals surface area contributed by atoms with E-state index in [1.165, 1.54) is 12.8 Å². The van der Waals surface area contributed by atoms with Crippen LogP contribution in [-0.2, 0) is 0 Å². The number of nitrogens with zero attached hydrogens (tertiary/aromatic N) is 2. The highest BCUT2D eigenvalue weighted by Crippen LogP contribution is 2.34. The van der Waals surface area contributed by atoms with Gasteiger partial charge in [0.2, 0.25) is 11.7 Å². The molecule has 106 valence electrons. The maximum Gasteiger partial charge on any atom is 0.231 e. The first kappa shape index (κ1) is 13.8. The molecular formula is C15H18BrN3O. The predicted molar refractivity (Wildman–Crippen MR) is 81.5 cm³/mol. The Kier molecular flexibility index (Phi) is 4.17. The SMILES string of the molecule is CCNC1CCCC1c1nc(-c2cccc(Br)c2)no1. The summed E-state index contributed by atoms with van der Waals surface area (Å²) in [6, 6.07) is 8.44. The number of hydrogen-bond donors (Lipinski definition) is 1. The summed E-state index contributed by atoms with van der Waals surface area (Å²) in [5.74, 6) is 1.79. The van der Waals surface area contributed by atoms with Gasteiger partial charge in [0.1, 0.15) is 0 Å². The second kappa shape index (κ2) is 6.06. The third-order valence-corrected chi connectivity index (χ3v) is 4.32. The Morgan fingerprint density at radius 2 is 2.30 bits per heavy atom. The molecule has 0 saturated heterocycles. The standard InChI is InChI=1S/C15H18BrN3O/c1-2-17-13-8-4-7-12(13)15-18-14(19-20-15)10-5-3-6-11(16)9-10/h3,5-6,9,12-13,17H,2,4,7-8H2,1H3. The van der Waals surface area contributed by atoms with Crippen LogP contribution in [0.15, 0.2) is 33.3 Å². The summed E-state index contributed by atoms with van der Waals surface area (Å²) in [5, 5.41) is 7.65. The van der Waals surface area contributed by atoms with Gasteiger partial charge in [0, 0.05) is 16.1 Å². The predicted octanol–water partition coefficient (Wildman–Crippen LogP) is 3.74. The molecule has 0 aliphatic heterocycles. The van der Waals surface area contributed by atoms with Crippen molar-refractivity contribution < 1.29 is 4.52 Å². The maximum atomic E-state index is 5.50. The zero-order valence-electron chi connectivity index (χ0n) is 11.5. The van der Waals surface area contributed by atoms with E-state index < -0.39 is 0 Å². The first-order valence-corrected chi connectivity index (χ1v) is 7.90. The highest BCUT2D eigenvalue weighted by molar-refractivity contribution is 9.10. The van der Waals surface area contributed by atoms with Crippen molar-refractivity contribution in [2.75, 3.05) is 6.54 Å². The van der Waals surface area contributed by atoms with E-state index >= 15 is 0 Å². The average Bonchev–Trinajstić information content (AvgIpc) is 3.07. The lowest BCUT2D eigenvalue weighted by atomic mass is 10.0. The van der Waals surface area contributed by atoms with E-state index in [0.29, 0.717) is 17.8 Å². The van der Waals surface area contributed by atoms with Crippen molar-refractivity contribution in [3.63, 3.8) is 0 Å². The van der Waals surface area contributed by atoms with Crippen molar-refractivity contribution in [1.82, 2.24) is 15.5 Å². The van der Waals surface area contributed by atoms with Crippen LogP contribution in [0.25, 0.3) is 11.4 Å². The summed E-state index contributed by atoms with van der Waals surface area (Å²) in [7, 11) is 0. The third kappa shape index (κ3) is 2.79. The Labute approximate surface area is 127 Å². The molecule has 1 N–H and O–H groups in total. The number of likely N-dealkylation sites (N-methyl/N-ethyl adjacent to an activating group) is 1. The van der Waals surface area contributed by atoms with Crippen molar-refractivity contribution in [3.8, 4) is 11.4 Å². The minimum absolute atomic E-state index is 0.350. The summed E-state index contributed by atoms with van der Waals surface area (Å²) in [6.45, 7) is 3.11. The number of aromatic nitrogens is 2. The molecule has 5 heteroatoms. The summed E-state index contributed by atoms with van der Waals surface area (Å²) in [4.78, 5) is 4.60. The fraction of sp³-hybridized carbons (Fsp3) is 0.467. The molecule has 2 unspecified atom stereocenters. The monoisotopic (exact) mass is 335 g/mol. The lowest BCUT2D eigenvalue weighted by molar-refractivity contribution is 0.332. The van der Waals surface area contributed by atoms with E-state index in [9.17, 15) is 0 Å². The van der Waals surface area contributed by atoms with Gasteiger partial charge in [-0.05, 0) is 31.5 Å². The zero-order chi connectivity index (χ0) is 13.9. The number of rotatable bonds is 4. The highest BCUT2D eigenvalue weighted by Gasteiger charge is 2.32. The van der Waals surface area contributed by atoms with Crippen LogP contribution in [0.1, 0.15) is 38.0 Å². The summed E-state index contributed by atoms with van der Waals surface area (Å²) in [6.07, 6.45) is 3.53. The highest BCUT2D eigenvalue weighted by atomic mass is 79.9. The first-order chi connectivity index (χ1) is 9.78. The van der Waals surface area contributed by atoms with Gasteiger partial charge in [-0.1, -0.05) is 46.6 Å². The molecule has 0 radical (unpaired) electrons. The van der Waals surface area contributed by atoms with Gasteiger partial charge in [-0.2, -0.15) is 4.98 Å². The minimum atomic E-state index is 0.350. The normalized spacial score (nSPS) is 22.3. The molecule has 1 aliphatic rings. The first-order valence-electron chi connectivity index (χ1n) is 7.11. The van der Waals surface area contributed by atoms with Gasteiger partial charge in [0.25, 0.3) is 0 Å². The topological polar surface area (TPSA) is 51.0 Å². The molecule has 0 spiro atoms. The van der Waals surface area contributed by atoms with Crippen LogP contribution in [0.5, 0.6) is 0 Å². The molecule has 0 bridgehead atoms. The van der Waals surface area contributed by atoms with E-state index in [-0.39, 0.29) is 0 Å². The van der Waals surface area contributed by atoms with Crippen LogP contribution in [-0.4, -0.2) is 22.7 Å². The second-order valence-electron chi connectivity index (χ2n) is 5.17. The van der Waals surface area contributed by atoms with E-state index in [0.717, 1.165) is 28.9 Å². The number of benzene rings is 1. The van der Waals surface area contributed by atoms with Gasteiger partial charge in [0.15, 0.2) is 0 Å². The summed E-state index contributed by atoms with van der Waals surface area (Å²) < 4.78 is 6.52. The lowest BCUT2D eigenvalue weighted by Gasteiger charge is -2.16. The van der Waals surface area contributed by atoms with E-state index in [2.05, 4.69) is 38.3 Å². The Morgan fingerprint density at radius 1 is 1.40 bits per heavy atom. The molecule has 1 heterocycles. The van der Waals surface area contributed by atoms with Crippen molar-refractivity contribution in [1.29, 1.82) is 0 Å². The minimum Gasteiger partial charge on any atom is -0.339 e. The van der Waals surface area contributed by atoms with Crippen LogP contribution in [0.2, 0.25) is 0 Å². The van der Waals surface area contributed by atoms with Gasteiger partial charge in [0.05, 0.1) is 5.92 Å². The van der Waals surface area contributed by atoms with Crippen molar-refractivity contribution in [2.45, 2.75) is 38.1 Å². The van der Waals surface area contributed by atoms with Gasteiger partial charge in [-0.3, -0.25) is 0 Å². The molecular weight excluding hydrogens is 318 g/mol. The van der Waals surface area contributed by atoms with Crippen molar-refractivity contribution >= 4 is 15.9 Å². The van der Waals surface area contributed by atoms with Crippen LogP contribution in [0.3, 0.4) is 0 Å². The fourth-order valence-corrected chi connectivity index (χ4v) is 3.29. The molecule has 2 aromatic rings. The number of nitrogens with one attached hydrogen (secondary N) is 1. The van der Waals surface area contributed by atoms with Gasteiger partial charge >= 0.3 is 0 Å². The van der Waals surface area contributed by atoms with E-state index in [1.54, 1.807) is 0 Å². The van der Waals surface area contributed by atoms with Crippen LogP contribution in [0.4, 0.5) is 0 Å². The van der Waals surface area contributed by atoms with Crippen molar-refractivity contribution in [3.05, 3.63) is 34.6 Å². The molecule has 3 rings (SSSR count). The molecule has 2 atom stereocenters. The zero-order valence-corrected chi connectivity index (χ0v) is 13.1. The third-order valence-electron chi connectivity index (χ3n) is 3.82. The molecule has 1 aliphatic carbocycles. The van der Waals surface area contributed by atoms with Crippen LogP contribution in [0, 0.1) is 0 Å².